The Hall–Kier alpha value is -3.49. The molecule has 2 fully saturated rings. The van der Waals surface area contributed by atoms with E-state index in [1.165, 1.54) is 0 Å². The topological polar surface area (TPSA) is 95.8 Å². The van der Waals surface area contributed by atoms with Crippen molar-refractivity contribution >= 4 is 23.6 Å². The lowest BCUT2D eigenvalue weighted by atomic mass is 10.1. The number of amides is 4. The highest BCUT2D eigenvalue weighted by Gasteiger charge is 2.33. The van der Waals surface area contributed by atoms with Crippen molar-refractivity contribution in [2.45, 2.75) is 26.7 Å². The second kappa shape index (κ2) is 8.33. The molecule has 0 aliphatic carbocycles. The van der Waals surface area contributed by atoms with Crippen LogP contribution < -0.4 is 0 Å². The molecule has 3 heterocycles. The fourth-order valence-electron chi connectivity index (χ4n) is 4.01. The van der Waals surface area contributed by atoms with Crippen LogP contribution in [0.1, 0.15) is 34.6 Å². The van der Waals surface area contributed by atoms with E-state index in [-0.39, 0.29) is 43.0 Å². The molecule has 0 bridgehead atoms. The van der Waals surface area contributed by atoms with E-state index in [1.54, 1.807) is 21.9 Å². The van der Waals surface area contributed by atoms with Crippen LogP contribution in [0.15, 0.2) is 30.3 Å². The molecular weight excluding hydrogens is 398 g/mol. The molecule has 0 spiro atoms. The summed E-state index contributed by atoms with van der Waals surface area (Å²) >= 11 is 0. The number of likely N-dealkylation sites (tertiary alicyclic amines) is 1. The lowest BCUT2D eigenvalue weighted by molar-refractivity contribution is -0.146. The second-order valence-corrected chi connectivity index (χ2v) is 7.93. The number of piperazine rings is 1. The molecule has 9 heteroatoms. The molecular formula is C22H25N5O4. The van der Waals surface area contributed by atoms with Gasteiger partial charge in [-0.15, -0.1) is 0 Å². The van der Waals surface area contributed by atoms with Gasteiger partial charge < -0.3 is 9.80 Å². The number of rotatable bonds is 4. The standard InChI is InChI=1S/C22H25N5O4/c1-15-13-16(2)27(23-15)18-5-3-17(4-6-18)22(31)25-11-9-24(10-12-25)21(30)14-26-19(28)7-8-20(26)29/h3-6,13H,7-12,14H2,1-2H3. The van der Waals surface area contributed by atoms with Gasteiger partial charge in [0.2, 0.25) is 17.7 Å². The first-order valence-electron chi connectivity index (χ1n) is 10.4. The Kier molecular flexibility index (Phi) is 5.58. The quantitative estimate of drug-likeness (QED) is 0.682. The predicted molar refractivity (Wildman–Crippen MR) is 111 cm³/mol. The van der Waals surface area contributed by atoms with Gasteiger partial charge in [0.05, 0.1) is 11.4 Å². The number of imide groups is 1. The van der Waals surface area contributed by atoms with Gasteiger partial charge in [-0.05, 0) is 44.2 Å². The lowest BCUT2D eigenvalue weighted by Crippen LogP contribution is -2.53. The van der Waals surface area contributed by atoms with E-state index < -0.39 is 0 Å². The first-order valence-corrected chi connectivity index (χ1v) is 10.4. The molecule has 9 nitrogen and oxygen atoms in total. The van der Waals surface area contributed by atoms with Crippen LogP contribution in [0.5, 0.6) is 0 Å². The van der Waals surface area contributed by atoms with Crippen LogP contribution in [0, 0.1) is 13.8 Å². The molecule has 0 atom stereocenters. The van der Waals surface area contributed by atoms with Crippen molar-refractivity contribution in [1.82, 2.24) is 24.5 Å². The first-order chi connectivity index (χ1) is 14.8. The summed E-state index contributed by atoms with van der Waals surface area (Å²) < 4.78 is 1.84. The SMILES string of the molecule is Cc1cc(C)n(-c2ccc(C(=O)N3CCN(C(=O)CN4C(=O)CCC4=O)CC3)cc2)n1. The van der Waals surface area contributed by atoms with Gasteiger partial charge in [-0.2, -0.15) is 5.10 Å². The number of benzene rings is 1. The van der Waals surface area contributed by atoms with Crippen molar-refractivity contribution in [3.63, 3.8) is 0 Å². The Morgan fingerprint density at radius 3 is 2.03 bits per heavy atom. The van der Waals surface area contributed by atoms with Crippen molar-refractivity contribution in [2.75, 3.05) is 32.7 Å². The maximum atomic E-state index is 12.9. The maximum absolute atomic E-state index is 12.9. The normalized spacial score (nSPS) is 16.9. The van der Waals surface area contributed by atoms with E-state index in [0.717, 1.165) is 22.0 Å². The minimum atomic E-state index is -0.295. The number of aromatic nitrogens is 2. The van der Waals surface area contributed by atoms with Crippen LogP contribution in [-0.4, -0.2) is 80.8 Å². The highest BCUT2D eigenvalue weighted by atomic mass is 16.2. The molecule has 4 rings (SSSR count). The van der Waals surface area contributed by atoms with Crippen LogP contribution in [0.4, 0.5) is 0 Å². The second-order valence-electron chi connectivity index (χ2n) is 7.93. The van der Waals surface area contributed by atoms with Crippen LogP contribution >= 0.6 is 0 Å². The number of hydrogen-bond donors (Lipinski definition) is 0. The monoisotopic (exact) mass is 423 g/mol. The van der Waals surface area contributed by atoms with Crippen LogP contribution in [0.3, 0.4) is 0 Å². The number of carbonyl (C=O) groups is 4. The summed E-state index contributed by atoms with van der Waals surface area (Å²) in [5.41, 5.74) is 3.43. The Morgan fingerprint density at radius 1 is 0.903 bits per heavy atom. The molecule has 0 N–H and O–H groups in total. The molecule has 2 aliphatic heterocycles. The zero-order chi connectivity index (χ0) is 22.1. The fourth-order valence-corrected chi connectivity index (χ4v) is 4.01. The van der Waals surface area contributed by atoms with Gasteiger partial charge in [-0.1, -0.05) is 0 Å². The summed E-state index contributed by atoms with van der Waals surface area (Å²) in [7, 11) is 0. The van der Waals surface area contributed by atoms with Gasteiger partial charge in [-0.25, -0.2) is 4.68 Å². The van der Waals surface area contributed by atoms with E-state index in [1.807, 2.05) is 36.7 Å². The summed E-state index contributed by atoms with van der Waals surface area (Å²) in [6.45, 7) is 5.29. The van der Waals surface area contributed by atoms with Crippen molar-refractivity contribution in [1.29, 1.82) is 0 Å². The van der Waals surface area contributed by atoms with Gasteiger partial charge in [0.1, 0.15) is 6.54 Å². The predicted octanol–water partition coefficient (Wildman–Crippen LogP) is 0.923. The Labute approximate surface area is 180 Å². The number of hydrogen-bond acceptors (Lipinski definition) is 5. The lowest BCUT2D eigenvalue weighted by Gasteiger charge is -2.35. The Morgan fingerprint density at radius 2 is 1.48 bits per heavy atom. The van der Waals surface area contributed by atoms with Gasteiger partial charge in [0.15, 0.2) is 0 Å². The van der Waals surface area contributed by atoms with Crippen LogP contribution in [0.25, 0.3) is 5.69 Å². The fraction of sp³-hybridized carbons (Fsp3) is 0.409. The number of carbonyl (C=O) groups excluding carboxylic acids is 4. The Bertz CT molecular complexity index is 1020. The molecule has 1 aromatic carbocycles. The van der Waals surface area contributed by atoms with Gasteiger partial charge in [0, 0.05) is 50.3 Å². The van der Waals surface area contributed by atoms with E-state index in [2.05, 4.69) is 5.10 Å². The molecule has 0 radical (unpaired) electrons. The molecule has 0 unspecified atom stereocenters. The van der Waals surface area contributed by atoms with Crippen LogP contribution in [-0.2, 0) is 14.4 Å². The smallest absolute Gasteiger partial charge is 0.253 e. The number of aryl methyl sites for hydroxylation is 2. The highest BCUT2D eigenvalue weighted by molar-refractivity contribution is 6.04. The van der Waals surface area contributed by atoms with E-state index >= 15 is 0 Å². The minimum absolute atomic E-state index is 0.0862. The van der Waals surface area contributed by atoms with Crippen LogP contribution in [0.2, 0.25) is 0 Å². The summed E-state index contributed by atoms with van der Waals surface area (Å²) in [6.07, 6.45) is 0.347. The first kappa shape index (κ1) is 20.8. The van der Waals surface area contributed by atoms with Crippen molar-refractivity contribution in [2.24, 2.45) is 0 Å². The van der Waals surface area contributed by atoms with Crippen molar-refractivity contribution in [3.05, 3.63) is 47.3 Å². The summed E-state index contributed by atoms with van der Waals surface area (Å²) in [5.74, 6) is -0.936. The summed E-state index contributed by atoms with van der Waals surface area (Å²) in [6, 6.07) is 9.31. The molecule has 1 aromatic heterocycles. The summed E-state index contributed by atoms with van der Waals surface area (Å²) in [5, 5.41) is 4.45. The molecule has 31 heavy (non-hydrogen) atoms. The largest absolute Gasteiger partial charge is 0.338 e. The van der Waals surface area contributed by atoms with Gasteiger partial charge in [0.25, 0.3) is 5.91 Å². The average molecular weight is 423 g/mol. The summed E-state index contributed by atoms with van der Waals surface area (Å²) in [4.78, 5) is 53.1. The third-order valence-corrected chi connectivity index (χ3v) is 5.74. The zero-order valence-corrected chi connectivity index (χ0v) is 17.7. The zero-order valence-electron chi connectivity index (χ0n) is 17.7. The molecule has 2 aliphatic rings. The van der Waals surface area contributed by atoms with E-state index in [9.17, 15) is 19.2 Å². The van der Waals surface area contributed by atoms with E-state index in [0.29, 0.717) is 31.7 Å². The van der Waals surface area contributed by atoms with E-state index in [4.69, 9.17) is 0 Å². The number of nitrogens with zero attached hydrogens (tertiary/aromatic N) is 5. The average Bonchev–Trinajstić information content (AvgIpc) is 3.28. The Balaban J connectivity index is 1.34. The minimum Gasteiger partial charge on any atom is -0.338 e. The molecule has 4 amide bonds. The molecule has 2 saturated heterocycles. The van der Waals surface area contributed by atoms with Gasteiger partial charge in [-0.3, -0.25) is 24.1 Å². The highest BCUT2D eigenvalue weighted by Crippen LogP contribution is 2.16. The third-order valence-electron chi connectivity index (χ3n) is 5.74. The third kappa shape index (κ3) is 4.21. The molecule has 0 saturated carbocycles. The van der Waals surface area contributed by atoms with Gasteiger partial charge >= 0.3 is 0 Å². The molecule has 2 aromatic rings. The van der Waals surface area contributed by atoms with Crippen molar-refractivity contribution < 1.29 is 19.2 Å². The molecule has 162 valence electrons. The maximum Gasteiger partial charge on any atom is 0.253 e. The van der Waals surface area contributed by atoms with Crippen molar-refractivity contribution in [3.8, 4) is 5.69 Å².